The third-order valence-corrected chi connectivity index (χ3v) is 2.88. The molecule has 0 saturated heterocycles. The molecule has 3 aromatic rings. The minimum atomic E-state index is 0.439. The molecule has 1 aromatic carbocycles. The van der Waals surface area contributed by atoms with Gasteiger partial charge in [-0.25, -0.2) is 9.97 Å². The minimum Gasteiger partial charge on any atom is -0.333 e. The lowest BCUT2D eigenvalue weighted by atomic mass is 10.1. The van der Waals surface area contributed by atoms with Crippen LogP contribution in [0, 0.1) is 13.8 Å². The van der Waals surface area contributed by atoms with Crippen LogP contribution in [0.15, 0.2) is 41.3 Å². The summed E-state index contributed by atoms with van der Waals surface area (Å²) in [4.78, 5) is 12.5. The Balaban J connectivity index is 2.00. The van der Waals surface area contributed by atoms with Crippen LogP contribution >= 0.6 is 0 Å². The molecular weight excluding hydrogens is 240 g/mol. The van der Waals surface area contributed by atoms with Crippen LogP contribution in [-0.2, 0) is 0 Å². The van der Waals surface area contributed by atoms with Crippen LogP contribution in [0.3, 0.4) is 0 Å². The molecule has 0 aliphatic carbocycles. The van der Waals surface area contributed by atoms with Crippen molar-refractivity contribution in [1.82, 2.24) is 20.1 Å². The molecule has 0 bridgehead atoms. The van der Waals surface area contributed by atoms with Gasteiger partial charge >= 0.3 is 0 Å². The van der Waals surface area contributed by atoms with Crippen LogP contribution in [0.1, 0.15) is 11.3 Å². The third-order valence-electron chi connectivity index (χ3n) is 2.88. The maximum atomic E-state index is 5.28. The molecule has 3 rings (SSSR count). The van der Waals surface area contributed by atoms with Gasteiger partial charge in [-0.15, -0.1) is 0 Å². The average molecular weight is 252 g/mol. The molecule has 19 heavy (non-hydrogen) atoms. The molecule has 5 heteroatoms. The van der Waals surface area contributed by atoms with Crippen molar-refractivity contribution in [2.75, 3.05) is 0 Å². The highest BCUT2D eigenvalue weighted by molar-refractivity contribution is 5.60. The van der Waals surface area contributed by atoms with Crippen molar-refractivity contribution < 1.29 is 4.52 Å². The second-order valence-electron chi connectivity index (χ2n) is 4.31. The third kappa shape index (κ3) is 2.22. The molecule has 0 aliphatic rings. The number of benzene rings is 1. The van der Waals surface area contributed by atoms with Crippen molar-refractivity contribution in [3.8, 4) is 22.8 Å². The lowest BCUT2D eigenvalue weighted by Gasteiger charge is -1.96. The zero-order chi connectivity index (χ0) is 13.2. The Morgan fingerprint density at radius 2 is 1.84 bits per heavy atom. The van der Waals surface area contributed by atoms with Gasteiger partial charge in [0.1, 0.15) is 6.33 Å². The fourth-order valence-corrected chi connectivity index (χ4v) is 1.75. The molecule has 0 saturated carbocycles. The smallest absolute Gasteiger partial charge is 0.261 e. The monoisotopic (exact) mass is 252 g/mol. The summed E-state index contributed by atoms with van der Waals surface area (Å²) < 4.78 is 5.28. The van der Waals surface area contributed by atoms with Crippen LogP contribution in [0.2, 0.25) is 0 Å². The van der Waals surface area contributed by atoms with Crippen LogP contribution in [0.5, 0.6) is 0 Å². The summed E-state index contributed by atoms with van der Waals surface area (Å²) >= 11 is 0. The molecule has 0 atom stereocenters. The van der Waals surface area contributed by atoms with Crippen molar-refractivity contribution in [3.63, 3.8) is 0 Å². The Labute approximate surface area is 110 Å². The van der Waals surface area contributed by atoms with Crippen molar-refractivity contribution in [2.45, 2.75) is 13.8 Å². The molecular formula is C14H12N4O. The van der Waals surface area contributed by atoms with E-state index in [2.05, 4.69) is 20.1 Å². The van der Waals surface area contributed by atoms with Gasteiger partial charge in [-0.3, -0.25) is 0 Å². The number of hydrogen-bond donors (Lipinski definition) is 0. The van der Waals surface area contributed by atoms with E-state index >= 15 is 0 Å². The molecule has 0 spiro atoms. The Morgan fingerprint density at radius 1 is 1.05 bits per heavy atom. The van der Waals surface area contributed by atoms with Crippen molar-refractivity contribution >= 4 is 0 Å². The Bertz CT molecular complexity index is 703. The van der Waals surface area contributed by atoms with Crippen LogP contribution < -0.4 is 0 Å². The molecule has 0 aliphatic heterocycles. The number of rotatable bonds is 2. The Morgan fingerprint density at radius 3 is 2.58 bits per heavy atom. The Hall–Kier alpha value is -2.56. The largest absolute Gasteiger partial charge is 0.333 e. The second-order valence-corrected chi connectivity index (χ2v) is 4.31. The first-order valence-corrected chi connectivity index (χ1v) is 5.92. The summed E-state index contributed by atoms with van der Waals surface area (Å²) in [6, 6.07) is 7.97. The van der Waals surface area contributed by atoms with Gasteiger partial charge in [-0.1, -0.05) is 35.0 Å². The SMILES string of the molecule is Cc1ccc(-c2noc(-c3cncnc3C)n2)cc1. The standard InChI is InChI=1S/C14H12N4O/c1-9-3-5-11(6-4-9)13-17-14(19-18-13)12-7-15-8-16-10(12)2/h3-8H,1-2H3. The van der Waals surface area contributed by atoms with E-state index in [4.69, 9.17) is 4.52 Å². The van der Waals surface area contributed by atoms with Crippen molar-refractivity contribution in [1.29, 1.82) is 0 Å². The second kappa shape index (κ2) is 4.61. The number of hydrogen-bond acceptors (Lipinski definition) is 5. The van der Waals surface area contributed by atoms with E-state index in [9.17, 15) is 0 Å². The van der Waals surface area contributed by atoms with Gasteiger partial charge in [0, 0.05) is 11.8 Å². The molecule has 0 radical (unpaired) electrons. The zero-order valence-corrected chi connectivity index (χ0v) is 10.7. The molecule has 5 nitrogen and oxygen atoms in total. The highest BCUT2D eigenvalue weighted by Gasteiger charge is 2.13. The predicted octanol–water partition coefficient (Wildman–Crippen LogP) is 2.81. The van der Waals surface area contributed by atoms with Gasteiger partial charge in [0.2, 0.25) is 5.82 Å². The first-order valence-electron chi connectivity index (χ1n) is 5.92. The van der Waals surface area contributed by atoms with E-state index in [1.54, 1.807) is 6.20 Å². The molecule has 0 amide bonds. The zero-order valence-electron chi connectivity index (χ0n) is 10.7. The molecule has 0 unspecified atom stereocenters. The topological polar surface area (TPSA) is 64.7 Å². The summed E-state index contributed by atoms with van der Waals surface area (Å²) in [5.74, 6) is 1.01. The fourth-order valence-electron chi connectivity index (χ4n) is 1.75. The quantitative estimate of drug-likeness (QED) is 0.701. The van der Waals surface area contributed by atoms with Gasteiger partial charge in [0.15, 0.2) is 0 Å². The van der Waals surface area contributed by atoms with E-state index in [0.717, 1.165) is 16.8 Å². The van der Waals surface area contributed by atoms with E-state index in [1.807, 2.05) is 38.1 Å². The molecule has 0 N–H and O–H groups in total. The maximum Gasteiger partial charge on any atom is 0.261 e. The lowest BCUT2D eigenvalue weighted by Crippen LogP contribution is -1.89. The summed E-state index contributed by atoms with van der Waals surface area (Å²) in [6.45, 7) is 3.92. The number of nitrogens with zero attached hydrogens (tertiary/aromatic N) is 4. The van der Waals surface area contributed by atoms with Crippen LogP contribution in [0.25, 0.3) is 22.8 Å². The van der Waals surface area contributed by atoms with Gasteiger partial charge < -0.3 is 4.52 Å². The highest BCUT2D eigenvalue weighted by atomic mass is 16.5. The fraction of sp³-hybridized carbons (Fsp3) is 0.143. The van der Waals surface area contributed by atoms with Gasteiger partial charge in [-0.2, -0.15) is 4.98 Å². The number of aryl methyl sites for hydroxylation is 2. The normalized spacial score (nSPS) is 10.6. The van der Waals surface area contributed by atoms with Gasteiger partial charge in [0.25, 0.3) is 5.89 Å². The molecule has 94 valence electrons. The summed E-state index contributed by atoms with van der Waals surface area (Å²) in [5.41, 5.74) is 3.69. The van der Waals surface area contributed by atoms with Crippen LogP contribution in [0.4, 0.5) is 0 Å². The van der Waals surface area contributed by atoms with E-state index < -0.39 is 0 Å². The van der Waals surface area contributed by atoms with E-state index in [0.29, 0.717) is 11.7 Å². The average Bonchev–Trinajstić information content (AvgIpc) is 2.89. The summed E-state index contributed by atoms with van der Waals surface area (Å²) in [5, 5.41) is 3.99. The van der Waals surface area contributed by atoms with E-state index in [-0.39, 0.29) is 0 Å². The number of aromatic nitrogens is 4. The minimum absolute atomic E-state index is 0.439. The molecule has 2 heterocycles. The molecule has 2 aromatic heterocycles. The molecule has 0 fully saturated rings. The van der Waals surface area contributed by atoms with Gasteiger partial charge in [-0.05, 0) is 13.8 Å². The van der Waals surface area contributed by atoms with Crippen molar-refractivity contribution in [2.24, 2.45) is 0 Å². The lowest BCUT2D eigenvalue weighted by molar-refractivity contribution is 0.431. The van der Waals surface area contributed by atoms with Gasteiger partial charge in [0.05, 0.1) is 11.3 Å². The first-order chi connectivity index (χ1) is 9.24. The van der Waals surface area contributed by atoms with Crippen LogP contribution in [-0.4, -0.2) is 20.1 Å². The summed E-state index contributed by atoms with van der Waals surface area (Å²) in [7, 11) is 0. The highest BCUT2D eigenvalue weighted by Crippen LogP contribution is 2.23. The van der Waals surface area contributed by atoms with E-state index in [1.165, 1.54) is 11.9 Å². The first kappa shape index (κ1) is 11.5. The van der Waals surface area contributed by atoms with Crippen molar-refractivity contribution in [3.05, 3.63) is 48.0 Å². The predicted molar refractivity (Wildman–Crippen MR) is 70.2 cm³/mol. The Kier molecular flexibility index (Phi) is 2.79. The summed E-state index contributed by atoms with van der Waals surface area (Å²) in [6.07, 6.45) is 3.17. The maximum absolute atomic E-state index is 5.28.